The molecule has 1 fully saturated rings. The van der Waals surface area contributed by atoms with Crippen molar-refractivity contribution < 1.29 is 18.3 Å². The van der Waals surface area contributed by atoms with Crippen molar-refractivity contribution in [3.8, 4) is 5.75 Å². The predicted molar refractivity (Wildman–Crippen MR) is 114 cm³/mol. The van der Waals surface area contributed by atoms with E-state index in [1.807, 2.05) is 11.8 Å². The maximum atomic E-state index is 14.7. The lowest BCUT2D eigenvalue weighted by Crippen LogP contribution is -2.49. The number of rotatable bonds is 8. The molecule has 0 saturated carbocycles. The number of aromatic amines is 1. The molecule has 1 unspecified atom stereocenters. The Morgan fingerprint density at radius 2 is 1.90 bits per heavy atom. The maximum Gasteiger partial charge on any atom is 0.265 e. The number of methoxy groups -OCH3 is 1. The van der Waals surface area contributed by atoms with E-state index in [4.69, 9.17) is 9.47 Å². The third-order valence-electron chi connectivity index (χ3n) is 5.39. The third kappa shape index (κ3) is 5.30. The molecule has 30 heavy (non-hydrogen) atoms. The summed E-state index contributed by atoms with van der Waals surface area (Å²) in [6.07, 6.45) is 0.130. The van der Waals surface area contributed by atoms with Gasteiger partial charge in [0.05, 0.1) is 26.4 Å². The summed E-state index contributed by atoms with van der Waals surface area (Å²) in [4.78, 5) is 18.7. The zero-order valence-corrected chi connectivity index (χ0v) is 17.7. The van der Waals surface area contributed by atoms with Gasteiger partial charge in [0.25, 0.3) is 11.5 Å². The molecular weight excluding hydrogens is 392 g/mol. The molecule has 0 spiro atoms. The van der Waals surface area contributed by atoms with Crippen LogP contribution in [0.5, 0.6) is 5.75 Å². The number of nitrogens with zero attached hydrogens (tertiary/aromatic N) is 2. The first kappa shape index (κ1) is 22.1. The van der Waals surface area contributed by atoms with Crippen LogP contribution in [0.15, 0.2) is 41.2 Å². The molecular formula is C22H29F2N3O3. The first-order chi connectivity index (χ1) is 14.3. The van der Waals surface area contributed by atoms with E-state index in [0.29, 0.717) is 44.4 Å². The highest BCUT2D eigenvalue weighted by atomic mass is 19.3. The Hall–Kier alpha value is -2.61. The second kappa shape index (κ2) is 9.47. The Morgan fingerprint density at radius 3 is 2.47 bits per heavy atom. The zero-order chi connectivity index (χ0) is 21.7. The molecule has 6 nitrogen and oxygen atoms in total. The number of halogens is 2. The van der Waals surface area contributed by atoms with Crippen molar-refractivity contribution in [1.29, 1.82) is 0 Å². The Balaban J connectivity index is 1.93. The number of aromatic nitrogens is 1. The average molecular weight is 421 g/mol. The number of hydrogen-bond acceptors (Lipinski definition) is 5. The number of alkyl halides is 2. The summed E-state index contributed by atoms with van der Waals surface area (Å²) in [5.41, 5.74) is 1.18. The summed E-state index contributed by atoms with van der Waals surface area (Å²) < 4.78 is 39.9. The molecule has 1 aromatic heterocycles. The van der Waals surface area contributed by atoms with Crippen molar-refractivity contribution in [3.05, 3.63) is 52.3 Å². The van der Waals surface area contributed by atoms with Gasteiger partial charge in [-0.15, -0.1) is 0 Å². The fourth-order valence-corrected chi connectivity index (χ4v) is 3.78. The molecule has 1 atom stereocenters. The topological polar surface area (TPSA) is 57.8 Å². The van der Waals surface area contributed by atoms with E-state index in [1.165, 1.54) is 6.07 Å². The minimum absolute atomic E-state index is 0.130. The van der Waals surface area contributed by atoms with Crippen LogP contribution in [0.1, 0.15) is 19.4 Å². The van der Waals surface area contributed by atoms with Gasteiger partial charge in [0.15, 0.2) is 0 Å². The standard InChI is InChI=1S/C22H29F2N3O3/c1-4-27(19(22(2,23)24)13-16-5-7-18(29-3)8-6-16)20-14-17(15-21(28)25-20)26-9-11-30-12-10-26/h5-8,14-15,19H,4,9-13H2,1-3H3,(H,25,28). The highest BCUT2D eigenvalue weighted by molar-refractivity contribution is 5.56. The van der Waals surface area contributed by atoms with Crippen LogP contribution >= 0.6 is 0 Å². The van der Waals surface area contributed by atoms with E-state index in [1.54, 1.807) is 42.3 Å². The second-order valence-electron chi connectivity index (χ2n) is 7.50. The predicted octanol–water partition coefficient (Wildman–Crippen LogP) is 3.31. The minimum Gasteiger partial charge on any atom is -0.497 e. The Bertz CT molecular complexity index is 874. The molecule has 0 bridgehead atoms. The van der Waals surface area contributed by atoms with Gasteiger partial charge in [-0.1, -0.05) is 12.1 Å². The van der Waals surface area contributed by atoms with Gasteiger partial charge in [0.2, 0.25) is 0 Å². The van der Waals surface area contributed by atoms with Gasteiger partial charge in [-0.3, -0.25) is 4.79 Å². The number of anilines is 2. The zero-order valence-electron chi connectivity index (χ0n) is 17.7. The molecule has 1 N–H and O–H groups in total. The van der Waals surface area contributed by atoms with Gasteiger partial charge in [0, 0.05) is 44.4 Å². The number of morpholine rings is 1. The van der Waals surface area contributed by atoms with E-state index in [-0.39, 0.29) is 12.0 Å². The second-order valence-corrected chi connectivity index (χ2v) is 7.50. The summed E-state index contributed by atoms with van der Waals surface area (Å²) >= 11 is 0. The van der Waals surface area contributed by atoms with Crippen molar-refractivity contribution in [1.82, 2.24) is 4.98 Å². The van der Waals surface area contributed by atoms with Crippen LogP contribution in [0.2, 0.25) is 0 Å². The first-order valence-corrected chi connectivity index (χ1v) is 10.2. The smallest absolute Gasteiger partial charge is 0.265 e. The number of pyridine rings is 1. The fourth-order valence-electron chi connectivity index (χ4n) is 3.78. The van der Waals surface area contributed by atoms with Crippen LogP contribution in [0.25, 0.3) is 0 Å². The minimum atomic E-state index is -2.98. The highest BCUT2D eigenvalue weighted by Crippen LogP contribution is 2.30. The Morgan fingerprint density at radius 1 is 1.23 bits per heavy atom. The van der Waals surface area contributed by atoms with Gasteiger partial charge in [0.1, 0.15) is 11.6 Å². The van der Waals surface area contributed by atoms with Gasteiger partial charge in [-0.2, -0.15) is 0 Å². The molecule has 2 aromatic rings. The molecule has 164 valence electrons. The van der Waals surface area contributed by atoms with Crippen LogP contribution in [0, 0.1) is 0 Å². The first-order valence-electron chi connectivity index (χ1n) is 10.2. The lowest BCUT2D eigenvalue weighted by molar-refractivity contribution is -0.00797. The van der Waals surface area contributed by atoms with Gasteiger partial charge in [-0.25, -0.2) is 8.78 Å². The average Bonchev–Trinajstić information content (AvgIpc) is 2.73. The molecule has 0 radical (unpaired) electrons. The van der Waals surface area contributed by atoms with Gasteiger partial charge in [-0.05, 0) is 31.0 Å². The van der Waals surface area contributed by atoms with Gasteiger partial charge < -0.3 is 24.3 Å². The lowest BCUT2D eigenvalue weighted by Gasteiger charge is -2.37. The molecule has 1 aromatic carbocycles. The number of likely N-dealkylation sites (N-methyl/N-ethyl adjacent to an activating group) is 1. The monoisotopic (exact) mass is 421 g/mol. The van der Waals surface area contributed by atoms with E-state index in [0.717, 1.165) is 18.2 Å². The molecule has 0 amide bonds. The van der Waals surface area contributed by atoms with Crippen LogP contribution < -0.4 is 20.1 Å². The largest absolute Gasteiger partial charge is 0.497 e. The summed E-state index contributed by atoms with van der Waals surface area (Å²) in [6.45, 7) is 5.54. The van der Waals surface area contributed by atoms with Gasteiger partial charge >= 0.3 is 0 Å². The summed E-state index contributed by atoms with van der Waals surface area (Å²) in [6, 6.07) is 9.27. The highest BCUT2D eigenvalue weighted by Gasteiger charge is 2.39. The maximum absolute atomic E-state index is 14.7. The normalized spacial score (nSPS) is 15.7. The SMILES string of the molecule is CCN(c1cc(N2CCOCC2)cc(=O)[nH]1)C(Cc1ccc(OC)cc1)C(C)(F)F. The Kier molecular flexibility index (Phi) is 6.97. The quantitative estimate of drug-likeness (QED) is 0.709. The summed E-state index contributed by atoms with van der Waals surface area (Å²) in [5, 5.41) is 0. The number of hydrogen-bond donors (Lipinski definition) is 1. The van der Waals surface area contributed by atoms with Crippen LogP contribution in [0.3, 0.4) is 0 Å². The van der Waals surface area contributed by atoms with E-state index in [2.05, 4.69) is 4.98 Å². The van der Waals surface area contributed by atoms with Crippen molar-refractivity contribution in [2.45, 2.75) is 32.2 Å². The van der Waals surface area contributed by atoms with Crippen LogP contribution in [0.4, 0.5) is 20.3 Å². The fraction of sp³-hybridized carbons (Fsp3) is 0.500. The molecule has 8 heteroatoms. The van der Waals surface area contributed by atoms with E-state index in [9.17, 15) is 13.6 Å². The third-order valence-corrected chi connectivity index (χ3v) is 5.39. The Labute approximate surface area is 175 Å². The number of ether oxygens (including phenoxy) is 2. The van der Waals surface area contributed by atoms with Crippen molar-refractivity contribution in [3.63, 3.8) is 0 Å². The summed E-state index contributed by atoms with van der Waals surface area (Å²) in [7, 11) is 1.56. The van der Waals surface area contributed by atoms with Crippen LogP contribution in [-0.2, 0) is 11.2 Å². The van der Waals surface area contributed by atoms with Crippen molar-refractivity contribution >= 4 is 11.5 Å². The molecule has 3 rings (SSSR count). The molecule has 0 aliphatic carbocycles. The summed E-state index contributed by atoms with van der Waals surface area (Å²) in [5.74, 6) is -1.91. The number of nitrogens with one attached hydrogen (secondary N) is 1. The van der Waals surface area contributed by atoms with Crippen molar-refractivity contribution in [2.24, 2.45) is 0 Å². The van der Waals surface area contributed by atoms with E-state index < -0.39 is 12.0 Å². The van der Waals surface area contributed by atoms with Crippen molar-refractivity contribution in [2.75, 3.05) is 49.8 Å². The molecule has 1 saturated heterocycles. The number of H-pyrrole nitrogens is 1. The molecule has 1 aliphatic rings. The number of benzene rings is 1. The molecule has 2 heterocycles. The van der Waals surface area contributed by atoms with E-state index >= 15 is 0 Å². The van der Waals surface area contributed by atoms with Crippen LogP contribution in [-0.4, -0.2) is 56.9 Å². The molecule has 1 aliphatic heterocycles. The lowest BCUT2D eigenvalue weighted by atomic mass is 9.99.